The molecule has 0 aliphatic carbocycles. The summed E-state index contributed by atoms with van der Waals surface area (Å²) >= 11 is 1.68. The number of hydrogen-bond donors (Lipinski definition) is 2. The number of amides is 1. The Hall–Kier alpha value is -2.31. The smallest absolute Gasteiger partial charge is 0.250 e. The number of aliphatic imine (C=N–C) groups is 1. The van der Waals surface area contributed by atoms with Crippen molar-refractivity contribution < 1.29 is 4.79 Å². The lowest BCUT2D eigenvalue weighted by molar-refractivity contribution is -0.116. The van der Waals surface area contributed by atoms with Crippen LogP contribution in [0.1, 0.15) is 30.0 Å². The lowest BCUT2D eigenvalue weighted by atomic mass is 10.0. The number of hydrogen-bond acceptors (Lipinski definition) is 5. The lowest BCUT2D eigenvalue weighted by Gasteiger charge is -2.31. The first-order chi connectivity index (χ1) is 14.7. The maximum Gasteiger partial charge on any atom is 0.250 e. The van der Waals surface area contributed by atoms with Crippen molar-refractivity contribution in [2.45, 2.75) is 32.7 Å². The summed E-state index contributed by atoms with van der Waals surface area (Å²) in [7, 11) is 0. The molecular formula is C24H30N4OS. The average molecular weight is 423 g/mol. The molecule has 1 fully saturated rings. The molecule has 2 aromatic carbocycles. The predicted molar refractivity (Wildman–Crippen MR) is 128 cm³/mol. The standard InChI is InChI=1S/C24H30N4OS/c1-3-6-18-15-19(10-9-17(18)2)24-27-21(16-30-24)23(29)26-20-7-4-5-8-22(20)28-13-11-25-12-14-28/h4-5,7-10,15,21,25H,3,6,11-14,16H2,1-2H3,(H,26,29). The van der Waals surface area contributed by atoms with Gasteiger partial charge in [0.2, 0.25) is 5.91 Å². The Labute approximate surface area is 183 Å². The van der Waals surface area contributed by atoms with E-state index in [2.05, 4.69) is 53.6 Å². The fourth-order valence-corrected chi connectivity index (χ4v) is 5.02. The van der Waals surface area contributed by atoms with Crippen LogP contribution in [0.3, 0.4) is 0 Å². The minimum atomic E-state index is -0.350. The third-order valence-corrected chi connectivity index (χ3v) is 6.79. The van der Waals surface area contributed by atoms with Crippen LogP contribution in [0.25, 0.3) is 0 Å². The van der Waals surface area contributed by atoms with Crippen LogP contribution in [0.2, 0.25) is 0 Å². The molecule has 6 heteroatoms. The quantitative estimate of drug-likeness (QED) is 0.742. The number of thioether (sulfide) groups is 1. The second-order valence-electron chi connectivity index (χ2n) is 7.90. The van der Waals surface area contributed by atoms with Crippen LogP contribution in [-0.2, 0) is 11.2 Å². The SMILES string of the molecule is CCCc1cc(C2=NC(C(=O)Nc3ccccc3N3CCNCC3)CS2)ccc1C. The molecule has 2 aromatic rings. The van der Waals surface area contributed by atoms with Gasteiger partial charge >= 0.3 is 0 Å². The van der Waals surface area contributed by atoms with Gasteiger partial charge in [0, 0.05) is 37.5 Å². The highest BCUT2D eigenvalue weighted by molar-refractivity contribution is 8.14. The minimum absolute atomic E-state index is 0.0269. The summed E-state index contributed by atoms with van der Waals surface area (Å²) in [6.07, 6.45) is 2.20. The molecule has 1 atom stereocenters. The molecule has 1 saturated heterocycles. The van der Waals surface area contributed by atoms with Gasteiger partial charge in [0.15, 0.2) is 0 Å². The molecule has 0 radical (unpaired) electrons. The van der Waals surface area contributed by atoms with E-state index in [9.17, 15) is 4.79 Å². The van der Waals surface area contributed by atoms with E-state index in [1.54, 1.807) is 11.8 Å². The van der Waals surface area contributed by atoms with Crippen molar-refractivity contribution >= 4 is 34.1 Å². The Balaban J connectivity index is 1.48. The summed E-state index contributed by atoms with van der Waals surface area (Å²) in [5, 5.41) is 7.49. The Morgan fingerprint density at radius 3 is 2.83 bits per heavy atom. The van der Waals surface area contributed by atoms with Gasteiger partial charge in [-0.25, -0.2) is 0 Å². The molecule has 1 unspecified atom stereocenters. The van der Waals surface area contributed by atoms with Gasteiger partial charge in [-0.05, 0) is 42.7 Å². The van der Waals surface area contributed by atoms with Crippen LogP contribution >= 0.6 is 11.8 Å². The lowest BCUT2D eigenvalue weighted by Crippen LogP contribution is -2.44. The maximum absolute atomic E-state index is 13.0. The first-order valence-corrected chi connectivity index (χ1v) is 11.8. The predicted octanol–water partition coefficient (Wildman–Crippen LogP) is 3.86. The number of carbonyl (C=O) groups is 1. The van der Waals surface area contributed by atoms with Gasteiger partial charge < -0.3 is 15.5 Å². The van der Waals surface area contributed by atoms with Crippen molar-refractivity contribution in [3.8, 4) is 0 Å². The van der Waals surface area contributed by atoms with E-state index in [4.69, 9.17) is 4.99 Å². The molecule has 158 valence electrons. The maximum atomic E-state index is 13.0. The number of nitrogens with one attached hydrogen (secondary N) is 2. The molecule has 1 amide bonds. The Morgan fingerprint density at radius 1 is 1.23 bits per heavy atom. The Bertz CT molecular complexity index is 937. The molecule has 0 saturated carbocycles. The van der Waals surface area contributed by atoms with Gasteiger partial charge in [-0.15, -0.1) is 11.8 Å². The van der Waals surface area contributed by atoms with Crippen LogP contribution in [0.15, 0.2) is 47.5 Å². The van der Waals surface area contributed by atoms with Crippen molar-refractivity contribution in [3.05, 3.63) is 59.2 Å². The average Bonchev–Trinajstić information content (AvgIpc) is 3.27. The third kappa shape index (κ3) is 4.71. The van der Waals surface area contributed by atoms with Crippen LogP contribution in [0.5, 0.6) is 0 Å². The van der Waals surface area contributed by atoms with Crippen LogP contribution in [-0.4, -0.2) is 48.9 Å². The summed E-state index contributed by atoms with van der Waals surface area (Å²) in [4.78, 5) is 20.1. The molecule has 0 bridgehead atoms. The van der Waals surface area contributed by atoms with E-state index >= 15 is 0 Å². The molecule has 2 N–H and O–H groups in total. The fraction of sp³-hybridized carbons (Fsp3) is 0.417. The number of aryl methyl sites for hydroxylation is 2. The topological polar surface area (TPSA) is 56.7 Å². The number of nitrogens with zero attached hydrogens (tertiary/aromatic N) is 2. The molecule has 0 aromatic heterocycles. The van der Waals surface area contributed by atoms with E-state index in [-0.39, 0.29) is 11.9 Å². The van der Waals surface area contributed by atoms with Gasteiger partial charge in [-0.2, -0.15) is 0 Å². The molecule has 4 rings (SSSR count). The summed E-state index contributed by atoms with van der Waals surface area (Å²) in [6, 6.07) is 14.3. The fourth-order valence-electron chi connectivity index (χ4n) is 3.99. The van der Waals surface area contributed by atoms with Crippen molar-refractivity contribution in [2.75, 3.05) is 42.1 Å². The van der Waals surface area contributed by atoms with Crippen molar-refractivity contribution in [1.82, 2.24) is 5.32 Å². The number of carbonyl (C=O) groups excluding carboxylic acids is 1. The van der Waals surface area contributed by atoms with E-state index in [1.807, 2.05) is 18.2 Å². The number of rotatable bonds is 6. The third-order valence-electron chi connectivity index (χ3n) is 5.69. The summed E-state index contributed by atoms with van der Waals surface area (Å²) < 4.78 is 0. The molecule has 5 nitrogen and oxygen atoms in total. The van der Waals surface area contributed by atoms with Gasteiger partial charge in [0.25, 0.3) is 0 Å². The van der Waals surface area contributed by atoms with E-state index in [1.165, 1.54) is 11.1 Å². The second kappa shape index (κ2) is 9.67. The monoisotopic (exact) mass is 422 g/mol. The summed E-state index contributed by atoms with van der Waals surface area (Å²) in [5.41, 5.74) is 5.79. The van der Waals surface area contributed by atoms with Crippen molar-refractivity contribution in [2.24, 2.45) is 4.99 Å². The molecule has 30 heavy (non-hydrogen) atoms. The van der Waals surface area contributed by atoms with Gasteiger partial charge in [-0.1, -0.05) is 37.6 Å². The van der Waals surface area contributed by atoms with E-state index in [0.717, 1.165) is 61.0 Å². The zero-order chi connectivity index (χ0) is 20.9. The number of piperazine rings is 1. The zero-order valence-corrected chi connectivity index (χ0v) is 18.6. The zero-order valence-electron chi connectivity index (χ0n) is 17.8. The largest absolute Gasteiger partial charge is 0.367 e. The van der Waals surface area contributed by atoms with E-state index in [0.29, 0.717) is 5.75 Å². The van der Waals surface area contributed by atoms with Crippen molar-refractivity contribution in [3.63, 3.8) is 0 Å². The molecular weight excluding hydrogens is 392 g/mol. The highest BCUT2D eigenvalue weighted by Crippen LogP contribution is 2.29. The van der Waals surface area contributed by atoms with E-state index < -0.39 is 0 Å². The summed E-state index contributed by atoms with van der Waals surface area (Å²) in [6.45, 7) is 8.18. The van der Waals surface area contributed by atoms with Crippen molar-refractivity contribution in [1.29, 1.82) is 0 Å². The van der Waals surface area contributed by atoms with Crippen LogP contribution in [0, 0.1) is 6.92 Å². The second-order valence-corrected chi connectivity index (χ2v) is 8.90. The number of para-hydroxylation sites is 2. The van der Waals surface area contributed by atoms with Crippen LogP contribution < -0.4 is 15.5 Å². The van der Waals surface area contributed by atoms with Gasteiger partial charge in [0.1, 0.15) is 6.04 Å². The molecule has 2 heterocycles. The number of benzene rings is 2. The van der Waals surface area contributed by atoms with Crippen LogP contribution in [0.4, 0.5) is 11.4 Å². The molecule has 0 spiro atoms. The Morgan fingerprint density at radius 2 is 2.03 bits per heavy atom. The first kappa shape index (κ1) is 20.9. The molecule has 2 aliphatic rings. The highest BCUT2D eigenvalue weighted by Gasteiger charge is 2.27. The highest BCUT2D eigenvalue weighted by atomic mass is 32.2. The summed E-state index contributed by atoms with van der Waals surface area (Å²) in [5.74, 6) is 0.662. The minimum Gasteiger partial charge on any atom is -0.367 e. The molecule has 2 aliphatic heterocycles. The normalized spacial score (nSPS) is 18.9. The first-order valence-electron chi connectivity index (χ1n) is 10.8. The van der Waals surface area contributed by atoms with Gasteiger partial charge in [-0.3, -0.25) is 9.79 Å². The number of anilines is 2. The van der Waals surface area contributed by atoms with Gasteiger partial charge in [0.05, 0.1) is 16.4 Å². The Kier molecular flexibility index (Phi) is 6.75.